The van der Waals surface area contributed by atoms with Crippen LogP contribution in [0.2, 0.25) is 0 Å². The minimum atomic E-state index is -0.784. The number of urea groups is 1. The van der Waals surface area contributed by atoms with Gasteiger partial charge in [0.15, 0.2) is 0 Å². The number of primary amides is 1. The average Bonchev–Trinajstić information content (AvgIpc) is 2.33. The van der Waals surface area contributed by atoms with E-state index in [1.807, 2.05) is 0 Å². The Morgan fingerprint density at radius 2 is 1.70 bits per heavy atom. The number of amides is 3. The number of carbonyl (C=O) groups excluding carboxylic acids is 2. The van der Waals surface area contributed by atoms with E-state index in [0.29, 0.717) is 13.0 Å². The molecule has 7 nitrogen and oxygen atoms in total. The fourth-order valence-electron chi connectivity index (χ4n) is 1.72. The largest absolute Gasteiger partial charge is 0.481 e. The van der Waals surface area contributed by atoms with Crippen LogP contribution < -0.4 is 16.4 Å². The molecule has 0 aliphatic heterocycles. The predicted octanol–water partition coefficient (Wildman–Crippen LogP) is 0.831. The van der Waals surface area contributed by atoms with Crippen LogP contribution in [0.4, 0.5) is 4.79 Å². The molecule has 0 heterocycles. The summed E-state index contributed by atoms with van der Waals surface area (Å²) in [6.07, 6.45) is 3.29. The lowest BCUT2D eigenvalue weighted by Gasteiger charge is -2.19. The third kappa shape index (κ3) is 9.18. The zero-order chi connectivity index (χ0) is 15.5. The van der Waals surface area contributed by atoms with Crippen LogP contribution in [0, 0.1) is 5.92 Å². The zero-order valence-corrected chi connectivity index (χ0v) is 12.1. The highest BCUT2D eigenvalue weighted by atomic mass is 16.4. The van der Waals surface area contributed by atoms with E-state index < -0.39 is 23.9 Å². The first kappa shape index (κ1) is 18.2. The number of rotatable bonds is 10. The van der Waals surface area contributed by atoms with Gasteiger partial charge in [0, 0.05) is 13.0 Å². The van der Waals surface area contributed by atoms with Crippen molar-refractivity contribution in [1.82, 2.24) is 10.6 Å². The summed E-state index contributed by atoms with van der Waals surface area (Å²) < 4.78 is 0. The van der Waals surface area contributed by atoms with Crippen molar-refractivity contribution in [3.8, 4) is 0 Å². The second kappa shape index (κ2) is 10.1. The van der Waals surface area contributed by atoms with Crippen molar-refractivity contribution in [2.75, 3.05) is 6.54 Å². The van der Waals surface area contributed by atoms with Gasteiger partial charge in [-0.15, -0.1) is 0 Å². The summed E-state index contributed by atoms with van der Waals surface area (Å²) >= 11 is 0. The Morgan fingerprint density at radius 1 is 1.10 bits per heavy atom. The summed E-state index contributed by atoms with van der Waals surface area (Å²) in [4.78, 5) is 32.9. The maximum atomic E-state index is 11.5. The van der Waals surface area contributed by atoms with Crippen LogP contribution in [0.1, 0.15) is 46.0 Å². The smallest absolute Gasteiger partial charge is 0.315 e. The van der Waals surface area contributed by atoms with E-state index in [-0.39, 0.29) is 12.3 Å². The van der Waals surface area contributed by atoms with E-state index in [1.165, 1.54) is 0 Å². The first-order valence-electron chi connectivity index (χ1n) is 6.90. The van der Waals surface area contributed by atoms with Crippen LogP contribution in [0.25, 0.3) is 0 Å². The molecule has 20 heavy (non-hydrogen) atoms. The van der Waals surface area contributed by atoms with E-state index in [0.717, 1.165) is 19.3 Å². The molecule has 0 rings (SSSR count). The molecule has 0 saturated heterocycles. The summed E-state index contributed by atoms with van der Waals surface area (Å²) in [6.45, 7) is 4.10. The molecule has 1 unspecified atom stereocenters. The molecule has 0 bridgehead atoms. The van der Waals surface area contributed by atoms with Crippen molar-refractivity contribution in [1.29, 1.82) is 0 Å². The Hall–Kier alpha value is -1.79. The van der Waals surface area contributed by atoms with Crippen LogP contribution in [0.15, 0.2) is 0 Å². The fourth-order valence-corrected chi connectivity index (χ4v) is 1.72. The molecule has 3 amide bonds. The molecule has 0 aromatic carbocycles. The SMILES string of the molecule is CC(C)C(NC(=O)NCCCCCCC(=O)O)C(N)=O. The van der Waals surface area contributed by atoms with E-state index in [9.17, 15) is 14.4 Å². The van der Waals surface area contributed by atoms with Crippen molar-refractivity contribution >= 4 is 17.9 Å². The van der Waals surface area contributed by atoms with Crippen LogP contribution in [0.3, 0.4) is 0 Å². The summed E-state index contributed by atoms with van der Waals surface area (Å²) in [5.41, 5.74) is 5.19. The van der Waals surface area contributed by atoms with Crippen molar-refractivity contribution < 1.29 is 19.5 Å². The number of hydrogen-bond donors (Lipinski definition) is 4. The highest BCUT2D eigenvalue weighted by molar-refractivity contribution is 5.86. The van der Waals surface area contributed by atoms with Crippen molar-refractivity contribution in [2.45, 2.75) is 52.0 Å². The monoisotopic (exact) mass is 287 g/mol. The van der Waals surface area contributed by atoms with Gasteiger partial charge in [-0.05, 0) is 18.8 Å². The number of nitrogens with two attached hydrogens (primary N) is 1. The summed E-state index contributed by atoms with van der Waals surface area (Å²) in [6, 6.07) is -1.08. The third-order valence-corrected chi connectivity index (χ3v) is 2.86. The van der Waals surface area contributed by atoms with Gasteiger partial charge in [-0.3, -0.25) is 9.59 Å². The third-order valence-electron chi connectivity index (χ3n) is 2.86. The lowest BCUT2D eigenvalue weighted by molar-refractivity contribution is -0.137. The highest BCUT2D eigenvalue weighted by Gasteiger charge is 2.21. The second-order valence-electron chi connectivity index (χ2n) is 5.08. The minimum absolute atomic E-state index is 0.0609. The molecular weight excluding hydrogens is 262 g/mol. The van der Waals surface area contributed by atoms with Gasteiger partial charge in [0.1, 0.15) is 6.04 Å². The molecular formula is C13H25N3O4. The standard InChI is InChI=1S/C13H25N3O4/c1-9(2)11(12(14)19)16-13(20)15-8-6-4-3-5-7-10(17)18/h9,11H,3-8H2,1-2H3,(H2,14,19)(H,17,18)(H2,15,16,20). The Morgan fingerprint density at radius 3 is 2.20 bits per heavy atom. The number of carboxylic acid groups (broad SMARTS) is 1. The Balaban J connectivity index is 3.68. The Labute approximate surface area is 119 Å². The van der Waals surface area contributed by atoms with Crippen LogP contribution in [0.5, 0.6) is 0 Å². The zero-order valence-electron chi connectivity index (χ0n) is 12.1. The van der Waals surface area contributed by atoms with Gasteiger partial charge >= 0.3 is 12.0 Å². The number of nitrogens with one attached hydrogen (secondary N) is 2. The lowest BCUT2D eigenvalue weighted by atomic mass is 10.0. The van der Waals surface area contributed by atoms with Crippen molar-refractivity contribution in [3.05, 3.63) is 0 Å². The molecule has 0 aromatic heterocycles. The molecule has 0 saturated carbocycles. The molecule has 5 N–H and O–H groups in total. The average molecular weight is 287 g/mol. The predicted molar refractivity (Wildman–Crippen MR) is 75.1 cm³/mol. The van der Waals surface area contributed by atoms with Gasteiger partial charge < -0.3 is 21.5 Å². The first-order chi connectivity index (χ1) is 9.34. The summed E-state index contributed by atoms with van der Waals surface area (Å²) in [5.74, 6) is -1.40. The number of carbonyl (C=O) groups is 3. The molecule has 0 aliphatic carbocycles. The van der Waals surface area contributed by atoms with Crippen molar-refractivity contribution in [2.24, 2.45) is 11.7 Å². The Bertz CT molecular complexity index is 332. The number of unbranched alkanes of at least 4 members (excludes halogenated alkanes) is 3. The maximum Gasteiger partial charge on any atom is 0.315 e. The van der Waals surface area contributed by atoms with Gasteiger partial charge in [0.05, 0.1) is 0 Å². The topological polar surface area (TPSA) is 122 Å². The molecule has 0 aromatic rings. The number of carboxylic acids is 1. The van der Waals surface area contributed by atoms with E-state index >= 15 is 0 Å². The number of aliphatic carboxylic acids is 1. The van der Waals surface area contributed by atoms with Gasteiger partial charge in [-0.1, -0.05) is 26.7 Å². The molecule has 0 fully saturated rings. The normalized spacial score (nSPS) is 11.9. The van der Waals surface area contributed by atoms with Gasteiger partial charge in [-0.25, -0.2) is 4.79 Å². The van der Waals surface area contributed by atoms with E-state index in [4.69, 9.17) is 10.8 Å². The molecule has 1 atom stereocenters. The highest BCUT2D eigenvalue weighted by Crippen LogP contribution is 2.02. The number of hydrogen-bond acceptors (Lipinski definition) is 3. The van der Waals surface area contributed by atoms with Gasteiger partial charge in [0.2, 0.25) is 5.91 Å². The van der Waals surface area contributed by atoms with Crippen molar-refractivity contribution in [3.63, 3.8) is 0 Å². The van der Waals surface area contributed by atoms with Gasteiger partial charge in [-0.2, -0.15) is 0 Å². The van der Waals surface area contributed by atoms with Crippen LogP contribution >= 0.6 is 0 Å². The summed E-state index contributed by atoms with van der Waals surface area (Å²) in [5, 5.41) is 13.6. The molecule has 0 radical (unpaired) electrons. The maximum absolute atomic E-state index is 11.5. The molecule has 7 heteroatoms. The van der Waals surface area contributed by atoms with E-state index in [1.54, 1.807) is 13.8 Å². The lowest BCUT2D eigenvalue weighted by Crippen LogP contribution is -2.51. The quantitative estimate of drug-likeness (QED) is 0.444. The molecule has 116 valence electrons. The van der Waals surface area contributed by atoms with Gasteiger partial charge in [0.25, 0.3) is 0 Å². The summed E-state index contributed by atoms with van der Waals surface area (Å²) in [7, 11) is 0. The first-order valence-corrected chi connectivity index (χ1v) is 6.90. The molecule has 0 spiro atoms. The minimum Gasteiger partial charge on any atom is -0.481 e. The molecule has 0 aliphatic rings. The van der Waals surface area contributed by atoms with Crippen LogP contribution in [-0.2, 0) is 9.59 Å². The van der Waals surface area contributed by atoms with Crippen LogP contribution in [-0.4, -0.2) is 35.6 Å². The van der Waals surface area contributed by atoms with E-state index in [2.05, 4.69) is 10.6 Å². The fraction of sp³-hybridized carbons (Fsp3) is 0.769. The second-order valence-corrected chi connectivity index (χ2v) is 5.08. The Kier molecular flexibility index (Phi) is 9.15.